The number of hydrogen-bond donors (Lipinski definition) is 1. The maximum atomic E-state index is 12.3. The molecule has 20 heavy (non-hydrogen) atoms. The number of unbranched alkanes of at least 4 members (excludes halogenated alkanes) is 1. The van der Waals surface area contributed by atoms with Crippen LogP contribution < -0.4 is 5.32 Å². The Kier molecular flexibility index (Phi) is 7.18. The Balaban J connectivity index is 2.60. The maximum Gasteiger partial charge on any atom is 0.245 e. The van der Waals surface area contributed by atoms with Gasteiger partial charge in [-0.25, -0.2) is 12.7 Å². The van der Waals surface area contributed by atoms with Crippen molar-refractivity contribution in [2.45, 2.75) is 44.6 Å². The Hall–Kier alpha value is -0.920. The lowest BCUT2D eigenvalue weighted by molar-refractivity contribution is 0.459. The van der Waals surface area contributed by atoms with Gasteiger partial charge in [0.2, 0.25) is 10.0 Å². The molecule has 116 valence electrons. The van der Waals surface area contributed by atoms with Gasteiger partial charge in [-0.2, -0.15) is 5.10 Å². The predicted octanol–water partition coefficient (Wildman–Crippen LogP) is 1.30. The molecule has 0 aliphatic heterocycles. The first kappa shape index (κ1) is 17.1. The Morgan fingerprint density at radius 3 is 2.70 bits per heavy atom. The van der Waals surface area contributed by atoms with Crippen LogP contribution in [0.15, 0.2) is 17.3 Å². The van der Waals surface area contributed by atoms with Gasteiger partial charge in [0.1, 0.15) is 4.90 Å². The van der Waals surface area contributed by atoms with Gasteiger partial charge < -0.3 is 5.32 Å². The summed E-state index contributed by atoms with van der Waals surface area (Å²) in [6.45, 7) is 7.13. The van der Waals surface area contributed by atoms with Crippen molar-refractivity contribution < 1.29 is 8.42 Å². The highest BCUT2D eigenvalue weighted by Gasteiger charge is 2.21. The second-order valence-electron chi connectivity index (χ2n) is 4.87. The van der Waals surface area contributed by atoms with Gasteiger partial charge >= 0.3 is 0 Å². The molecule has 0 saturated carbocycles. The molecule has 0 spiro atoms. The fourth-order valence-corrected chi connectivity index (χ4v) is 2.94. The van der Waals surface area contributed by atoms with Gasteiger partial charge in [-0.3, -0.25) is 4.68 Å². The molecular weight excluding hydrogens is 276 g/mol. The van der Waals surface area contributed by atoms with Gasteiger partial charge in [0.25, 0.3) is 0 Å². The summed E-state index contributed by atoms with van der Waals surface area (Å²) in [5.74, 6) is 0. The molecule has 0 amide bonds. The van der Waals surface area contributed by atoms with Crippen molar-refractivity contribution in [3.05, 3.63) is 12.4 Å². The summed E-state index contributed by atoms with van der Waals surface area (Å²) in [6.07, 6.45) is 5.96. The van der Waals surface area contributed by atoms with E-state index in [0.717, 1.165) is 32.4 Å². The average Bonchev–Trinajstić information content (AvgIpc) is 2.90. The first-order chi connectivity index (χ1) is 9.52. The third-order valence-corrected chi connectivity index (χ3v) is 4.90. The van der Waals surface area contributed by atoms with Gasteiger partial charge in [-0.1, -0.05) is 20.3 Å². The number of aromatic nitrogens is 2. The smallest absolute Gasteiger partial charge is 0.245 e. The molecule has 1 heterocycles. The van der Waals surface area contributed by atoms with Crippen molar-refractivity contribution in [2.75, 3.05) is 26.7 Å². The standard InChI is InChI=1S/C13H26N4O2S/c1-4-6-9-16(3)20(18,19)13-11-15-17(12-13)10-8-14-7-5-2/h11-12,14H,4-10H2,1-3H3. The normalized spacial score (nSPS) is 12.2. The molecule has 7 heteroatoms. The number of rotatable bonds is 10. The predicted molar refractivity (Wildman–Crippen MR) is 80.1 cm³/mol. The van der Waals surface area contributed by atoms with E-state index in [1.165, 1.54) is 10.5 Å². The lowest BCUT2D eigenvalue weighted by Crippen LogP contribution is -2.27. The minimum Gasteiger partial charge on any atom is -0.315 e. The van der Waals surface area contributed by atoms with E-state index in [0.29, 0.717) is 13.1 Å². The highest BCUT2D eigenvalue weighted by atomic mass is 32.2. The van der Waals surface area contributed by atoms with E-state index >= 15 is 0 Å². The van der Waals surface area contributed by atoms with E-state index < -0.39 is 10.0 Å². The summed E-state index contributed by atoms with van der Waals surface area (Å²) < 4.78 is 27.6. The van der Waals surface area contributed by atoms with Crippen LogP contribution in [0.2, 0.25) is 0 Å². The Bertz CT molecular complexity index is 484. The highest BCUT2D eigenvalue weighted by Crippen LogP contribution is 2.13. The molecule has 1 rings (SSSR count). The fraction of sp³-hybridized carbons (Fsp3) is 0.769. The Labute approximate surface area is 122 Å². The molecule has 0 bridgehead atoms. The molecular formula is C13H26N4O2S. The molecule has 0 atom stereocenters. The van der Waals surface area contributed by atoms with Crippen LogP contribution in [0.5, 0.6) is 0 Å². The average molecular weight is 302 g/mol. The lowest BCUT2D eigenvalue weighted by atomic mass is 10.3. The molecule has 1 aromatic heterocycles. The molecule has 0 unspecified atom stereocenters. The van der Waals surface area contributed by atoms with Crippen LogP contribution in [0.1, 0.15) is 33.1 Å². The van der Waals surface area contributed by atoms with Crippen molar-refractivity contribution in [3.8, 4) is 0 Å². The molecule has 0 aromatic carbocycles. The molecule has 0 aliphatic carbocycles. The van der Waals surface area contributed by atoms with E-state index in [9.17, 15) is 8.42 Å². The second kappa shape index (κ2) is 8.39. The lowest BCUT2D eigenvalue weighted by Gasteiger charge is -2.15. The van der Waals surface area contributed by atoms with E-state index in [4.69, 9.17) is 0 Å². The maximum absolute atomic E-state index is 12.3. The molecule has 1 aromatic rings. The van der Waals surface area contributed by atoms with E-state index in [-0.39, 0.29) is 4.90 Å². The molecule has 6 nitrogen and oxygen atoms in total. The Morgan fingerprint density at radius 2 is 2.05 bits per heavy atom. The largest absolute Gasteiger partial charge is 0.315 e. The van der Waals surface area contributed by atoms with Crippen LogP contribution in [0.3, 0.4) is 0 Å². The Morgan fingerprint density at radius 1 is 1.30 bits per heavy atom. The van der Waals surface area contributed by atoms with Crippen LogP contribution in [0.25, 0.3) is 0 Å². The SMILES string of the molecule is CCCCN(C)S(=O)(=O)c1cnn(CCNCCC)c1. The van der Waals surface area contributed by atoms with Gasteiger partial charge in [0.05, 0.1) is 12.7 Å². The summed E-state index contributed by atoms with van der Waals surface area (Å²) in [6, 6.07) is 0. The van der Waals surface area contributed by atoms with Crippen LogP contribution >= 0.6 is 0 Å². The second-order valence-corrected chi connectivity index (χ2v) is 6.91. The topological polar surface area (TPSA) is 67.2 Å². The summed E-state index contributed by atoms with van der Waals surface area (Å²) in [7, 11) is -1.78. The van der Waals surface area contributed by atoms with Crippen molar-refractivity contribution in [3.63, 3.8) is 0 Å². The van der Waals surface area contributed by atoms with Gasteiger partial charge in [-0.05, 0) is 19.4 Å². The monoisotopic (exact) mass is 302 g/mol. The molecule has 0 fully saturated rings. The number of hydrogen-bond acceptors (Lipinski definition) is 4. The van der Waals surface area contributed by atoms with Crippen LogP contribution in [-0.4, -0.2) is 49.2 Å². The molecule has 0 radical (unpaired) electrons. The summed E-state index contributed by atoms with van der Waals surface area (Å²) in [4.78, 5) is 0.270. The van der Waals surface area contributed by atoms with Crippen molar-refractivity contribution in [1.82, 2.24) is 19.4 Å². The highest BCUT2D eigenvalue weighted by molar-refractivity contribution is 7.89. The number of nitrogens with zero attached hydrogens (tertiary/aromatic N) is 3. The van der Waals surface area contributed by atoms with Crippen molar-refractivity contribution >= 4 is 10.0 Å². The van der Waals surface area contributed by atoms with E-state index in [1.54, 1.807) is 17.9 Å². The minimum atomic E-state index is -3.40. The number of sulfonamides is 1. The summed E-state index contributed by atoms with van der Waals surface area (Å²) in [5, 5.41) is 7.38. The van der Waals surface area contributed by atoms with Crippen molar-refractivity contribution in [2.24, 2.45) is 0 Å². The van der Waals surface area contributed by atoms with Crippen LogP contribution in [0.4, 0.5) is 0 Å². The van der Waals surface area contributed by atoms with Gasteiger partial charge in [0, 0.05) is 26.3 Å². The molecule has 0 aliphatic rings. The zero-order valence-electron chi connectivity index (χ0n) is 12.7. The van der Waals surface area contributed by atoms with Gasteiger partial charge in [0.15, 0.2) is 0 Å². The minimum absolute atomic E-state index is 0.270. The van der Waals surface area contributed by atoms with E-state index in [1.807, 2.05) is 6.92 Å². The first-order valence-electron chi connectivity index (χ1n) is 7.21. The summed E-state index contributed by atoms with van der Waals surface area (Å²) >= 11 is 0. The zero-order valence-corrected chi connectivity index (χ0v) is 13.5. The van der Waals surface area contributed by atoms with Crippen LogP contribution in [0, 0.1) is 0 Å². The van der Waals surface area contributed by atoms with Gasteiger partial charge in [-0.15, -0.1) is 0 Å². The zero-order chi connectivity index (χ0) is 15.0. The quantitative estimate of drug-likeness (QED) is 0.662. The number of nitrogens with one attached hydrogen (secondary N) is 1. The third kappa shape index (κ3) is 4.88. The fourth-order valence-electron chi connectivity index (χ4n) is 1.78. The third-order valence-electron chi connectivity index (χ3n) is 3.09. The van der Waals surface area contributed by atoms with Crippen LogP contribution in [-0.2, 0) is 16.6 Å². The first-order valence-corrected chi connectivity index (χ1v) is 8.65. The molecule has 1 N–H and O–H groups in total. The van der Waals surface area contributed by atoms with E-state index in [2.05, 4.69) is 17.3 Å². The summed E-state index contributed by atoms with van der Waals surface area (Å²) in [5.41, 5.74) is 0. The molecule has 0 saturated heterocycles. The van der Waals surface area contributed by atoms with Crippen molar-refractivity contribution in [1.29, 1.82) is 0 Å².